The summed E-state index contributed by atoms with van der Waals surface area (Å²) in [6.07, 6.45) is 14.8. The molecule has 6 bridgehead atoms. The molecular weight excluding hydrogens is 228 g/mol. The molecule has 0 amide bonds. The first-order chi connectivity index (χ1) is 9.38. The number of hydrogen-bond acceptors (Lipinski definition) is 0. The van der Waals surface area contributed by atoms with Crippen molar-refractivity contribution in [1.82, 2.24) is 0 Å². The summed E-state index contributed by atoms with van der Waals surface area (Å²) in [5.74, 6) is 12.1. The Kier molecular flexibility index (Phi) is 1.92. The topological polar surface area (TPSA) is 0 Å². The molecule has 8 saturated carbocycles. The van der Waals surface area contributed by atoms with Crippen LogP contribution in [0.4, 0.5) is 0 Å². The minimum atomic E-state index is 1.17. The Hall–Kier alpha value is 0. The highest BCUT2D eigenvalue weighted by atomic mass is 14.7. The second-order valence-electron chi connectivity index (χ2n) is 9.41. The first-order valence-corrected chi connectivity index (χ1v) is 9.38. The Morgan fingerprint density at radius 1 is 0.368 bits per heavy atom. The summed E-state index contributed by atoms with van der Waals surface area (Å²) in [6, 6.07) is 0. The summed E-state index contributed by atoms with van der Waals surface area (Å²) in [5.41, 5.74) is 0. The summed E-state index contributed by atoms with van der Waals surface area (Å²) < 4.78 is 0. The van der Waals surface area contributed by atoms with Crippen LogP contribution < -0.4 is 0 Å². The van der Waals surface area contributed by atoms with Crippen LogP contribution in [-0.4, -0.2) is 0 Å². The molecule has 104 valence electrons. The average molecular weight is 256 g/mol. The second kappa shape index (κ2) is 3.42. The maximum absolute atomic E-state index is 1.66. The summed E-state index contributed by atoms with van der Waals surface area (Å²) >= 11 is 0. The van der Waals surface area contributed by atoms with Crippen LogP contribution in [0.1, 0.15) is 57.8 Å². The largest absolute Gasteiger partial charge is 0.0499 e. The van der Waals surface area contributed by atoms with E-state index < -0.39 is 0 Å². The molecular formula is C19H28. The molecule has 0 radical (unpaired) electrons. The molecule has 0 saturated heterocycles. The Morgan fingerprint density at radius 2 is 0.737 bits per heavy atom. The van der Waals surface area contributed by atoms with Gasteiger partial charge >= 0.3 is 0 Å². The van der Waals surface area contributed by atoms with Gasteiger partial charge < -0.3 is 0 Å². The molecule has 0 aromatic heterocycles. The Morgan fingerprint density at radius 3 is 1.16 bits per heavy atom. The van der Waals surface area contributed by atoms with Gasteiger partial charge in [0.1, 0.15) is 0 Å². The van der Waals surface area contributed by atoms with Crippen molar-refractivity contribution < 1.29 is 0 Å². The lowest BCUT2D eigenvalue weighted by Crippen LogP contribution is -2.61. The molecule has 0 aromatic carbocycles. The van der Waals surface area contributed by atoms with E-state index >= 15 is 0 Å². The van der Waals surface area contributed by atoms with Gasteiger partial charge in [0, 0.05) is 0 Å². The van der Waals surface area contributed by atoms with Gasteiger partial charge in [0.15, 0.2) is 0 Å². The zero-order chi connectivity index (χ0) is 12.1. The zero-order valence-electron chi connectivity index (χ0n) is 12.1. The molecule has 0 spiro atoms. The van der Waals surface area contributed by atoms with E-state index in [4.69, 9.17) is 0 Å². The van der Waals surface area contributed by atoms with Gasteiger partial charge in [0.05, 0.1) is 0 Å². The Labute approximate surface area is 117 Å². The first kappa shape index (κ1) is 10.7. The number of fused-ring (bicyclic) bond motifs is 2. The molecule has 0 N–H and O–H groups in total. The molecule has 19 heavy (non-hydrogen) atoms. The first-order valence-electron chi connectivity index (χ1n) is 9.38. The van der Waals surface area contributed by atoms with Gasteiger partial charge in [0.2, 0.25) is 0 Å². The van der Waals surface area contributed by atoms with Crippen molar-refractivity contribution in [2.75, 3.05) is 0 Å². The molecule has 8 rings (SSSR count). The molecule has 0 heterocycles. The summed E-state index contributed by atoms with van der Waals surface area (Å²) in [7, 11) is 0. The third kappa shape index (κ3) is 1.20. The molecule has 0 aliphatic heterocycles. The molecule has 8 aliphatic rings. The smallest absolute Gasteiger partial charge is 0.0318 e. The SMILES string of the molecule is C1C2CC3CC1CC(C2)C1C2C4CCC(CC4)C2C31. The summed E-state index contributed by atoms with van der Waals surface area (Å²) in [6.45, 7) is 0. The van der Waals surface area contributed by atoms with Crippen molar-refractivity contribution in [2.45, 2.75) is 57.8 Å². The zero-order valence-corrected chi connectivity index (χ0v) is 12.1. The van der Waals surface area contributed by atoms with Crippen LogP contribution in [0, 0.1) is 59.2 Å². The third-order valence-electron chi connectivity index (χ3n) is 8.98. The Balaban J connectivity index is 1.44. The van der Waals surface area contributed by atoms with Crippen LogP contribution in [0.3, 0.4) is 0 Å². The fraction of sp³-hybridized carbons (Fsp3) is 1.00. The highest BCUT2D eigenvalue weighted by molar-refractivity contribution is 5.14. The quantitative estimate of drug-likeness (QED) is 0.587. The van der Waals surface area contributed by atoms with Crippen molar-refractivity contribution in [3.63, 3.8) is 0 Å². The van der Waals surface area contributed by atoms with Gasteiger partial charge in [-0.2, -0.15) is 0 Å². The fourth-order valence-corrected chi connectivity index (χ4v) is 8.89. The van der Waals surface area contributed by atoms with Crippen molar-refractivity contribution in [2.24, 2.45) is 59.2 Å². The lowest BCUT2D eigenvalue weighted by Gasteiger charge is -2.66. The van der Waals surface area contributed by atoms with Gasteiger partial charge in [-0.25, -0.2) is 0 Å². The van der Waals surface area contributed by atoms with E-state index in [0.29, 0.717) is 0 Å². The monoisotopic (exact) mass is 256 g/mol. The van der Waals surface area contributed by atoms with E-state index in [1.807, 2.05) is 0 Å². The molecule has 4 unspecified atom stereocenters. The minimum Gasteiger partial charge on any atom is -0.0499 e. The standard InChI is InChI=1S/C19H28/c1-2-13-4-3-12(1)16-17(13)19-15-8-10-5-11(9-15)7-14(6-10)18(16)19/h10-19H,1-9H2. The van der Waals surface area contributed by atoms with Crippen molar-refractivity contribution in [1.29, 1.82) is 0 Å². The van der Waals surface area contributed by atoms with Gasteiger partial charge in [-0.05, 0) is 117 Å². The van der Waals surface area contributed by atoms with E-state index in [2.05, 4.69) is 0 Å². The lowest BCUT2D eigenvalue weighted by molar-refractivity contribution is -0.184. The highest BCUT2D eigenvalue weighted by Gasteiger charge is 2.65. The molecule has 4 atom stereocenters. The van der Waals surface area contributed by atoms with Crippen LogP contribution >= 0.6 is 0 Å². The normalized spacial score (nSPS) is 68.2. The maximum atomic E-state index is 1.66. The fourth-order valence-electron chi connectivity index (χ4n) is 8.89. The van der Waals surface area contributed by atoms with Crippen LogP contribution in [-0.2, 0) is 0 Å². The number of rotatable bonds is 0. The van der Waals surface area contributed by atoms with Crippen LogP contribution in [0.15, 0.2) is 0 Å². The molecule has 0 heteroatoms. The van der Waals surface area contributed by atoms with E-state index in [0.717, 1.165) is 0 Å². The van der Waals surface area contributed by atoms with Crippen molar-refractivity contribution in [3.05, 3.63) is 0 Å². The minimum absolute atomic E-state index is 1.17. The molecule has 8 aliphatic carbocycles. The highest BCUT2D eigenvalue weighted by Crippen LogP contribution is 2.72. The van der Waals surface area contributed by atoms with Crippen molar-refractivity contribution >= 4 is 0 Å². The predicted molar refractivity (Wildman–Crippen MR) is 76.5 cm³/mol. The second-order valence-corrected chi connectivity index (χ2v) is 9.41. The van der Waals surface area contributed by atoms with Crippen LogP contribution in [0.2, 0.25) is 0 Å². The van der Waals surface area contributed by atoms with Crippen LogP contribution in [0.25, 0.3) is 0 Å². The third-order valence-corrected chi connectivity index (χ3v) is 8.98. The maximum Gasteiger partial charge on any atom is -0.0318 e. The summed E-state index contributed by atoms with van der Waals surface area (Å²) in [4.78, 5) is 0. The molecule has 0 aromatic rings. The number of hydrogen-bond donors (Lipinski definition) is 0. The van der Waals surface area contributed by atoms with Gasteiger partial charge in [-0.1, -0.05) is 0 Å². The predicted octanol–water partition coefficient (Wildman–Crippen LogP) is 4.74. The summed E-state index contributed by atoms with van der Waals surface area (Å²) in [5, 5.41) is 0. The van der Waals surface area contributed by atoms with Gasteiger partial charge in [0.25, 0.3) is 0 Å². The Bertz CT molecular complexity index is 354. The van der Waals surface area contributed by atoms with E-state index in [-0.39, 0.29) is 0 Å². The molecule has 8 fully saturated rings. The van der Waals surface area contributed by atoms with E-state index in [1.165, 1.54) is 59.2 Å². The lowest BCUT2D eigenvalue weighted by atomic mass is 9.38. The molecule has 0 nitrogen and oxygen atoms in total. The van der Waals surface area contributed by atoms with E-state index in [9.17, 15) is 0 Å². The van der Waals surface area contributed by atoms with Crippen LogP contribution in [0.5, 0.6) is 0 Å². The van der Waals surface area contributed by atoms with Gasteiger partial charge in [-0.3, -0.25) is 0 Å². The van der Waals surface area contributed by atoms with E-state index in [1.54, 1.807) is 57.8 Å². The average Bonchev–Trinajstić information content (AvgIpc) is 2.51. The van der Waals surface area contributed by atoms with Gasteiger partial charge in [-0.15, -0.1) is 0 Å². The van der Waals surface area contributed by atoms with Crippen molar-refractivity contribution in [3.8, 4) is 0 Å².